The number of anilines is 1. The van der Waals surface area contributed by atoms with E-state index in [2.05, 4.69) is 5.32 Å². The van der Waals surface area contributed by atoms with Crippen molar-refractivity contribution in [1.82, 2.24) is 0 Å². The maximum atomic E-state index is 13.4. The largest absolute Gasteiger partial charge is 0.380 e. The highest BCUT2D eigenvalue weighted by atomic mass is 19.1. The van der Waals surface area contributed by atoms with E-state index in [9.17, 15) is 14.5 Å². The highest BCUT2D eigenvalue weighted by molar-refractivity contribution is 5.51. The molecule has 1 saturated carbocycles. The molecule has 0 aromatic heterocycles. The number of nitro groups is 1. The Labute approximate surface area is 91.6 Å². The molecular formula is C10H12FN3O2. The lowest BCUT2D eigenvalue weighted by Gasteiger charge is -2.33. The number of non-ortho nitro benzene ring substituents is 1. The molecule has 6 heteroatoms. The van der Waals surface area contributed by atoms with E-state index in [1.54, 1.807) is 0 Å². The van der Waals surface area contributed by atoms with Crippen molar-refractivity contribution in [2.75, 3.05) is 5.32 Å². The van der Waals surface area contributed by atoms with Crippen LogP contribution in [0.4, 0.5) is 15.8 Å². The SMILES string of the molecule is NC1CC(Nc2ccc([N+](=O)[O-])cc2F)C1. The van der Waals surface area contributed by atoms with Crippen molar-refractivity contribution in [3.8, 4) is 0 Å². The van der Waals surface area contributed by atoms with Crippen molar-refractivity contribution < 1.29 is 9.31 Å². The molecule has 86 valence electrons. The molecule has 3 N–H and O–H groups in total. The fraction of sp³-hybridized carbons (Fsp3) is 0.400. The van der Waals surface area contributed by atoms with Crippen LogP contribution in [0.3, 0.4) is 0 Å². The second kappa shape index (κ2) is 4.05. The third kappa shape index (κ3) is 2.11. The minimum Gasteiger partial charge on any atom is -0.380 e. The molecule has 1 aliphatic carbocycles. The zero-order valence-corrected chi connectivity index (χ0v) is 8.52. The number of hydrogen-bond acceptors (Lipinski definition) is 4. The van der Waals surface area contributed by atoms with Gasteiger partial charge in [0.1, 0.15) is 0 Å². The first-order valence-corrected chi connectivity index (χ1v) is 5.02. The molecule has 1 fully saturated rings. The fourth-order valence-electron chi connectivity index (χ4n) is 1.73. The number of nitro benzene ring substituents is 1. The first-order valence-electron chi connectivity index (χ1n) is 5.02. The summed E-state index contributed by atoms with van der Waals surface area (Å²) in [6.07, 6.45) is 1.60. The van der Waals surface area contributed by atoms with Gasteiger partial charge in [-0.15, -0.1) is 0 Å². The second-order valence-corrected chi connectivity index (χ2v) is 3.99. The van der Waals surface area contributed by atoms with Gasteiger partial charge in [-0.25, -0.2) is 4.39 Å². The van der Waals surface area contributed by atoms with Crippen LogP contribution >= 0.6 is 0 Å². The van der Waals surface area contributed by atoms with Gasteiger partial charge in [-0.05, 0) is 18.9 Å². The molecule has 0 aliphatic heterocycles. The van der Waals surface area contributed by atoms with E-state index in [0.717, 1.165) is 18.9 Å². The lowest BCUT2D eigenvalue weighted by Crippen LogP contribution is -2.44. The Balaban J connectivity index is 2.07. The summed E-state index contributed by atoms with van der Waals surface area (Å²) in [6.45, 7) is 0. The van der Waals surface area contributed by atoms with Crippen molar-refractivity contribution >= 4 is 11.4 Å². The molecule has 0 unspecified atom stereocenters. The molecule has 1 aromatic rings. The number of nitrogens with two attached hydrogens (primary N) is 1. The van der Waals surface area contributed by atoms with Crippen molar-refractivity contribution in [2.45, 2.75) is 24.9 Å². The molecule has 0 spiro atoms. The Morgan fingerprint density at radius 2 is 2.19 bits per heavy atom. The Hall–Kier alpha value is -1.69. The molecule has 16 heavy (non-hydrogen) atoms. The van der Waals surface area contributed by atoms with Crippen LogP contribution in [0.1, 0.15) is 12.8 Å². The molecule has 0 atom stereocenters. The first-order chi connectivity index (χ1) is 7.56. The quantitative estimate of drug-likeness (QED) is 0.605. The first kappa shape index (κ1) is 10.8. The number of hydrogen-bond donors (Lipinski definition) is 2. The van der Waals surface area contributed by atoms with Crippen molar-refractivity contribution in [2.24, 2.45) is 5.73 Å². The van der Waals surface area contributed by atoms with Crippen LogP contribution in [0.25, 0.3) is 0 Å². The summed E-state index contributed by atoms with van der Waals surface area (Å²) in [6, 6.07) is 3.94. The Kier molecular flexibility index (Phi) is 2.74. The summed E-state index contributed by atoms with van der Waals surface area (Å²) < 4.78 is 13.4. The maximum Gasteiger partial charge on any atom is 0.272 e. The smallest absolute Gasteiger partial charge is 0.272 e. The fourth-order valence-corrected chi connectivity index (χ4v) is 1.73. The van der Waals surface area contributed by atoms with Crippen LogP contribution in [0.2, 0.25) is 0 Å². The van der Waals surface area contributed by atoms with Crippen LogP contribution in [0, 0.1) is 15.9 Å². The van der Waals surface area contributed by atoms with Gasteiger partial charge in [0, 0.05) is 18.2 Å². The zero-order valence-electron chi connectivity index (χ0n) is 8.52. The minimum absolute atomic E-state index is 0.172. The number of benzene rings is 1. The molecule has 2 rings (SSSR count). The molecule has 0 saturated heterocycles. The standard InChI is InChI=1S/C10H12FN3O2/c11-9-5-8(14(15)16)1-2-10(9)13-7-3-6(12)4-7/h1-2,5-7,13H,3-4,12H2. The molecule has 0 amide bonds. The van der Waals surface area contributed by atoms with Gasteiger partial charge in [-0.1, -0.05) is 0 Å². The summed E-state index contributed by atoms with van der Waals surface area (Å²) in [5.41, 5.74) is 5.65. The summed E-state index contributed by atoms with van der Waals surface area (Å²) in [4.78, 5) is 9.78. The van der Waals surface area contributed by atoms with E-state index in [4.69, 9.17) is 5.73 Å². The molecule has 1 aromatic carbocycles. The van der Waals surface area contributed by atoms with Gasteiger partial charge in [0.15, 0.2) is 5.82 Å². The van der Waals surface area contributed by atoms with Crippen molar-refractivity contribution in [3.63, 3.8) is 0 Å². The predicted molar refractivity (Wildman–Crippen MR) is 57.7 cm³/mol. The Morgan fingerprint density at radius 3 is 2.69 bits per heavy atom. The normalized spacial score (nSPS) is 23.6. The van der Waals surface area contributed by atoms with E-state index in [-0.39, 0.29) is 17.8 Å². The third-order valence-corrected chi connectivity index (χ3v) is 2.70. The maximum absolute atomic E-state index is 13.4. The number of nitrogens with zero attached hydrogens (tertiary/aromatic N) is 1. The highest BCUT2D eigenvalue weighted by Gasteiger charge is 2.26. The molecule has 0 radical (unpaired) electrons. The lowest BCUT2D eigenvalue weighted by molar-refractivity contribution is -0.385. The minimum atomic E-state index is -0.619. The van der Waals surface area contributed by atoms with Crippen LogP contribution in [0.15, 0.2) is 18.2 Å². The van der Waals surface area contributed by atoms with Gasteiger partial charge >= 0.3 is 0 Å². The summed E-state index contributed by atoms with van der Waals surface area (Å²) in [5.74, 6) is -0.602. The lowest BCUT2D eigenvalue weighted by atomic mass is 9.87. The molecule has 0 heterocycles. The highest BCUT2D eigenvalue weighted by Crippen LogP contribution is 2.26. The van der Waals surface area contributed by atoms with Gasteiger partial charge < -0.3 is 11.1 Å². The Bertz CT molecular complexity index is 419. The van der Waals surface area contributed by atoms with Gasteiger partial charge in [0.05, 0.1) is 16.7 Å². The molecule has 0 bridgehead atoms. The number of rotatable bonds is 3. The molecular weight excluding hydrogens is 213 g/mol. The molecule has 5 nitrogen and oxygen atoms in total. The van der Waals surface area contributed by atoms with E-state index >= 15 is 0 Å². The van der Waals surface area contributed by atoms with Crippen LogP contribution in [0.5, 0.6) is 0 Å². The van der Waals surface area contributed by atoms with Crippen molar-refractivity contribution in [3.05, 3.63) is 34.1 Å². The van der Waals surface area contributed by atoms with Crippen LogP contribution in [-0.4, -0.2) is 17.0 Å². The van der Waals surface area contributed by atoms with Gasteiger partial charge in [-0.2, -0.15) is 0 Å². The van der Waals surface area contributed by atoms with Crippen LogP contribution in [-0.2, 0) is 0 Å². The van der Waals surface area contributed by atoms with Crippen molar-refractivity contribution in [1.29, 1.82) is 0 Å². The van der Waals surface area contributed by atoms with Gasteiger partial charge in [0.2, 0.25) is 0 Å². The average Bonchev–Trinajstić information content (AvgIpc) is 2.18. The van der Waals surface area contributed by atoms with E-state index in [0.29, 0.717) is 5.69 Å². The monoisotopic (exact) mass is 225 g/mol. The predicted octanol–water partition coefficient (Wildman–Crippen LogP) is 1.64. The van der Waals surface area contributed by atoms with E-state index in [1.165, 1.54) is 12.1 Å². The van der Waals surface area contributed by atoms with E-state index < -0.39 is 10.7 Å². The second-order valence-electron chi connectivity index (χ2n) is 3.99. The zero-order chi connectivity index (χ0) is 11.7. The average molecular weight is 225 g/mol. The summed E-state index contributed by atoms with van der Waals surface area (Å²) in [7, 11) is 0. The number of halogens is 1. The molecule has 1 aliphatic rings. The third-order valence-electron chi connectivity index (χ3n) is 2.70. The van der Waals surface area contributed by atoms with Crippen LogP contribution < -0.4 is 11.1 Å². The number of nitrogens with one attached hydrogen (secondary N) is 1. The summed E-state index contributed by atoms with van der Waals surface area (Å²) >= 11 is 0. The Morgan fingerprint density at radius 1 is 1.50 bits per heavy atom. The summed E-state index contributed by atoms with van der Waals surface area (Å²) in [5, 5.41) is 13.4. The van der Waals surface area contributed by atoms with Gasteiger partial charge in [-0.3, -0.25) is 10.1 Å². The topological polar surface area (TPSA) is 81.2 Å². The van der Waals surface area contributed by atoms with E-state index in [1.807, 2.05) is 0 Å². The van der Waals surface area contributed by atoms with Gasteiger partial charge in [0.25, 0.3) is 5.69 Å².